The van der Waals surface area contributed by atoms with Crippen LogP contribution in [-0.4, -0.2) is 30.4 Å². The molecule has 0 aromatic heterocycles. The van der Waals surface area contributed by atoms with E-state index in [-0.39, 0.29) is 35.7 Å². The van der Waals surface area contributed by atoms with Crippen molar-refractivity contribution < 1.29 is 9.59 Å². The van der Waals surface area contributed by atoms with E-state index in [9.17, 15) is 9.59 Å². The molecular weight excluding hydrogens is 338 g/mol. The number of hydrogen-bond acceptors (Lipinski definition) is 3. The van der Waals surface area contributed by atoms with Crippen molar-refractivity contribution in [1.82, 2.24) is 5.32 Å². The molecule has 0 saturated heterocycles. The third kappa shape index (κ3) is 3.75. The van der Waals surface area contributed by atoms with Crippen LogP contribution in [-0.2, 0) is 16.0 Å². The molecule has 3 N–H and O–H groups in total. The molecule has 0 radical (unpaired) electrons. The Kier molecular flexibility index (Phi) is 5.22. The smallest absolute Gasteiger partial charge is 0.231 e. The summed E-state index contributed by atoms with van der Waals surface area (Å²) >= 11 is 0. The third-order valence-corrected chi connectivity index (χ3v) is 6.60. The van der Waals surface area contributed by atoms with Gasteiger partial charge < -0.3 is 16.0 Å². The number of para-hydroxylation sites is 1. The van der Waals surface area contributed by atoms with Gasteiger partial charge in [0.25, 0.3) is 0 Å². The van der Waals surface area contributed by atoms with E-state index in [0.29, 0.717) is 12.5 Å². The van der Waals surface area contributed by atoms with Crippen LogP contribution in [0.1, 0.15) is 51.0 Å². The maximum Gasteiger partial charge on any atom is 0.231 e. The highest BCUT2D eigenvalue weighted by atomic mass is 16.2. The van der Waals surface area contributed by atoms with Gasteiger partial charge in [-0.05, 0) is 56.6 Å². The Balaban J connectivity index is 1.46. The van der Waals surface area contributed by atoms with E-state index in [4.69, 9.17) is 5.73 Å². The molecule has 2 fully saturated rings. The molecule has 1 aromatic carbocycles. The molecule has 5 heteroatoms. The quantitative estimate of drug-likeness (QED) is 0.838. The normalized spacial score (nSPS) is 28.5. The Labute approximate surface area is 161 Å². The summed E-state index contributed by atoms with van der Waals surface area (Å²) in [6.45, 7) is 2.63. The molecule has 4 atom stereocenters. The Morgan fingerprint density at radius 1 is 1.15 bits per heavy atom. The largest absolute Gasteiger partial charge is 0.354 e. The van der Waals surface area contributed by atoms with Crippen LogP contribution in [0.3, 0.4) is 0 Å². The lowest BCUT2D eigenvalue weighted by Crippen LogP contribution is -2.48. The Morgan fingerprint density at radius 3 is 2.59 bits per heavy atom. The summed E-state index contributed by atoms with van der Waals surface area (Å²) in [5.74, 6) is 0.265. The van der Waals surface area contributed by atoms with E-state index >= 15 is 0 Å². The summed E-state index contributed by atoms with van der Waals surface area (Å²) in [5.41, 5.74) is 8.38. The number of amides is 2. The van der Waals surface area contributed by atoms with Crippen LogP contribution in [0.25, 0.3) is 0 Å². The maximum atomic E-state index is 13.5. The van der Waals surface area contributed by atoms with Gasteiger partial charge >= 0.3 is 0 Å². The first-order chi connectivity index (χ1) is 13.1. The number of anilines is 1. The molecule has 1 heterocycles. The zero-order valence-corrected chi connectivity index (χ0v) is 16.2. The van der Waals surface area contributed by atoms with Crippen LogP contribution >= 0.6 is 0 Å². The fraction of sp³-hybridized carbons (Fsp3) is 0.636. The highest BCUT2D eigenvalue weighted by molar-refractivity contribution is 6.00. The standard InChI is InChI=1S/C22H31N3O2/c1-14-12-16-6-2-5-9-20(16)25(14)22(27)18-8-4-3-7-17(18)21(26)24-13-19(23)15-10-11-15/h2,5-6,9,14-15,17-19H,3-4,7-8,10-13,23H2,1H3,(H,24,26). The molecule has 4 rings (SSSR count). The van der Waals surface area contributed by atoms with Gasteiger partial charge in [0.15, 0.2) is 0 Å². The van der Waals surface area contributed by atoms with Gasteiger partial charge in [-0.2, -0.15) is 0 Å². The Hall–Kier alpha value is -1.88. The predicted molar refractivity (Wildman–Crippen MR) is 106 cm³/mol. The van der Waals surface area contributed by atoms with Gasteiger partial charge in [0.2, 0.25) is 11.8 Å². The van der Waals surface area contributed by atoms with Crippen molar-refractivity contribution in [2.24, 2.45) is 23.5 Å². The summed E-state index contributed by atoms with van der Waals surface area (Å²) < 4.78 is 0. The third-order valence-electron chi connectivity index (χ3n) is 6.60. The molecule has 1 aliphatic heterocycles. The summed E-state index contributed by atoms with van der Waals surface area (Å²) in [4.78, 5) is 28.3. The second-order valence-electron chi connectivity index (χ2n) is 8.63. The molecule has 2 saturated carbocycles. The number of carbonyl (C=O) groups excluding carboxylic acids is 2. The molecular formula is C22H31N3O2. The second-order valence-corrected chi connectivity index (χ2v) is 8.63. The fourth-order valence-corrected chi connectivity index (χ4v) is 4.86. The molecule has 1 aromatic rings. The molecule has 146 valence electrons. The van der Waals surface area contributed by atoms with Crippen molar-refractivity contribution >= 4 is 17.5 Å². The topological polar surface area (TPSA) is 75.4 Å². The number of nitrogens with zero attached hydrogens (tertiary/aromatic N) is 1. The van der Waals surface area contributed by atoms with Crippen LogP contribution in [0, 0.1) is 17.8 Å². The highest BCUT2D eigenvalue weighted by Gasteiger charge is 2.41. The van der Waals surface area contributed by atoms with E-state index in [1.54, 1.807) is 0 Å². The van der Waals surface area contributed by atoms with E-state index in [1.165, 1.54) is 18.4 Å². The van der Waals surface area contributed by atoms with Crippen LogP contribution in [0.5, 0.6) is 0 Å². The molecule has 4 unspecified atom stereocenters. The minimum atomic E-state index is -0.224. The molecule has 2 amide bonds. The first-order valence-corrected chi connectivity index (χ1v) is 10.5. The van der Waals surface area contributed by atoms with Crippen molar-refractivity contribution in [2.75, 3.05) is 11.4 Å². The number of nitrogens with two attached hydrogens (primary N) is 1. The monoisotopic (exact) mass is 369 g/mol. The SMILES string of the molecule is CC1Cc2ccccc2N1C(=O)C1CCCCC1C(=O)NCC(N)C1CC1. The minimum absolute atomic E-state index is 0.0179. The molecule has 27 heavy (non-hydrogen) atoms. The Morgan fingerprint density at radius 2 is 1.85 bits per heavy atom. The van der Waals surface area contributed by atoms with Crippen molar-refractivity contribution in [3.05, 3.63) is 29.8 Å². The predicted octanol–water partition coefficient (Wildman–Crippen LogP) is 2.62. The van der Waals surface area contributed by atoms with Crippen molar-refractivity contribution in [2.45, 2.75) is 64.0 Å². The first kappa shape index (κ1) is 18.5. The number of benzene rings is 1. The fourth-order valence-electron chi connectivity index (χ4n) is 4.86. The van der Waals surface area contributed by atoms with E-state index < -0.39 is 0 Å². The van der Waals surface area contributed by atoms with E-state index in [0.717, 1.165) is 37.8 Å². The average Bonchev–Trinajstić information content (AvgIpc) is 3.47. The molecule has 2 aliphatic carbocycles. The van der Waals surface area contributed by atoms with E-state index in [1.807, 2.05) is 23.1 Å². The van der Waals surface area contributed by atoms with Crippen LogP contribution in [0.4, 0.5) is 5.69 Å². The highest BCUT2D eigenvalue weighted by Crippen LogP contribution is 2.38. The summed E-state index contributed by atoms with van der Waals surface area (Å²) in [6.07, 6.45) is 6.87. The van der Waals surface area contributed by atoms with Crippen molar-refractivity contribution in [1.29, 1.82) is 0 Å². The van der Waals surface area contributed by atoms with E-state index in [2.05, 4.69) is 18.3 Å². The van der Waals surface area contributed by atoms with Crippen molar-refractivity contribution in [3.63, 3.8) is 0 Å². The minimum Gasteiger partial charge on any atom is -0.354 e. The maximum absolute atomic E-state index is 13.5. The molecule has 5 nitrogen and oxygen atoms in total. The number of carbonyl (C=O) groups is 2. The number of rotatable bonds is 5. The van der Waals surface area contributed by atoms with Gasteiger partial charge in [0.1, 0.15) is 0 Å². The summed E-state index contributed by atoms with van der Waals surface area (Å²) in [7, 11) is 0. The lowest BCUT2D eigenvalue weighted by molar-refractivity contribution is -0.135. The summed E-state index contributed by atoms with van der Waals surface area (Å²) in [6, 6.07) is 8.36. The lowest BCUT2D eigenvalue weighted by atomic mass is 9.77. The first-order valence-electron chi connectivity index (χ1n) is 10.5. The zero-order valence-electron chi connectivity index (χ0n) is 16.2. The van der Waals surface area contributed by atoms with Gasteiger partial charge in [-0.3, -0.25) is 9.59 Å². The molecule has 3 aliphatic rings. The van der Waals surface area contributed by atoms with Crippen molar-refractivity contribution in [3.8, 4) is 0 Å². The van der Waals surface area contributed by atoms with Gasteiger partial charge in [0.05, 0.1) is 5.92 Å². The van der Waals surface area contributed by atoms with Crippen LogP contribution in [0.15, 0.2) is 24.3 Å². The number of hydrogen-bond donors (Lipinski definition) is 2. The molecule has 0 spiro atoms. The van der Waals surface area contributed by atoms with Gasteiger partial charge in [-0.1, -0.05) is 31.0 Å². The van der Waals surface area contributed by atoms with Gasteiger partial charge in [-0.15, -0.1) is 0 Å². The molecule has 0 bridgehead atoms. The Bertz CT molecular complexity index is 715. The van der Waals surface area contributed by atoms with Crippen LogP contribution < -0.4 is 16.0 Å². The second kappa shape index (κ2) is 7.63. The van der Waals surface area contributed by atoms with Gasteiger partial charge in [0, 0.05) is 30.2 Å². The summed E-state index contributed by atoms with van der Waals surface area (Å²) in [5, 5.41) is 3.04. The number of fused-ring (bicyclic) bond motifs is 1. The average molecular weight is 370 g/mol. The number of nitrogens with one attached hydrogen (secondary N) is 1. The lowest BCUT2D eigenvalue weighted by Gasteiger charge is -2.34. The van der Waals surface area contributed by atoms with Gasteiger partial charge in [-0.25, -0.2) is 0 Å². The van der Waals surface area contributed by atoms with Crippen LogP contribution in [0.2, 0.25) is 0 Å². The zero-order chi connectivity index (χ0) is 19.0.